The van der Waals surface area contributed by atoms with Crippen LogP contribution in [0.4, 0.5) is 0 Å². The number of rotatable bonds is 6. The van der Waals surface area contributed by atoms with Gasteiger partial charge in [-0.3, -0.25) is 9.59 Å². The lowest BCUT2D eigenvalue weighted by molar-refractivity contribution is -0.148. The van der Waals surface area contributed by atoms with Gasteiger partial charge in [0.25, 0.3) is 0 Å². The number of amides is 2. The molecular weight excluding hydrogens is 220 g/mol. The van der Waals surface area contributed by atoms with Crippen molar-refractivity contribution < 1.29 is 14.3 Å². The smallest absolute Gasteiger partial charge is 0.245 e. The topological polar surface area (TPSA) is 58.6 Å². The molecule has 0 aromatic carbocycles. The lowest BCUT2D eigenvalue weighted by Crippen LogP contribution is -2.62. The zero-order chi connectivity index (χ0) is 12.8. The van der Waals surface area contributed by atoms with Crippen LogP contribution in [0.2, 0.25) is 0 Å². The van der Waals surface area contributed by atoms with Gasteiger partial charge in [-0.2, -0.15) is 0 Å². The number of hydrogen-bond acceptors (Lipinski definition) is 3. The van der Waals surface area contributed by atoms with Gasteiger partial charge in [-0.1, -0.05) is 6.92 Å². The van der Waals surface area contributed by atoms with Gasteiger partial charge < -0.3 is 15.0 Å². The van der Waals surface area contributed by atoms with Gasteiger partial charge in [0, 0.05) is 19.8 Å². The van der Waals surface area contributed by atoms with Crippen molar-refractivity contribution in [2.24, 2.45) is 0 Å². The zero-order valence-electron chi connectivity index (χ0n) is 10.9. The second-order valence-corrected chi connectivity index (χ2v) is 4.23. The molecule has 98 valence electrons. The van der Waals surface area contributed by atoms with Gasteiger partial charge in [-0.15, -0.1) is 0 Å². The van der Waals surface area contributed by atoms with E-state index in [0.29, 0.717) is 26.2 Å². The minimum Gasteiger partial charge on any atom is -0.382 e. The van der Waals surface area contributed by atoms with Crippen molar-refractivity contribution >= 4 is 11.8 Å². The molecule has 1 N–H and O–H groups in total. The average Bonchev–Trinajstić information content (AvgIpc) is 2.33. The summed E-state index contributed by atoms with van der Waals surface area (Å²) in [4.78, 5) is 25.4. The number of piperazine rings is 1. The summed E-state index contributed by atoms with van der Waals surface area (Å²) in [5, 5.41) is 2.74. The molecule has 1 saturated heterocycles. The Morgan fingerprint density at radius 2 is 2.06 bits per heavy atom. The molecule has 5 heteroatoms. The van der Waals surface area contributed by atoms with E-state index < -0.39 is 0 Å². The van der Waals surface area contributed by atoms with Crippen molar-refractivity contribution in [1.29, 1.82) is 0 Å². The Hall–Kier alpha value is -1.10. The largest absolute Gasteiger partial charge is 0.382 e. The normalized spacial score (nSPS) is 25.0. The van der Waals surface area contributed by atoms with Gasteiger partial charge in [-0.25, -0.2) is 0 Å². The molecule has 0 saturated carbocycles. The summed E-state index contributed by atoms with van der Waals surface area (Å²) in [6.45, 7) is 7.50. The molecule has 0 aliphatic carbocycles. The number of nitrogens with one attached hydrogen (secondary N) is 1. The van der Waals surface area contributed by atoms with Gasteiger partial charge in [-0.05, 0) is 26.7 Å². The van der Waals surface area contributed by atoms with Gasteiger partial charge in [0.1, 0.15) is 12.1 Å². The van der Waals surface area contributed by atoms with E-state index in [9.17, 15) is 9.59 Å². The van der Waals surface area contributed by atoms with Crippen LogP contribution in [-0.4, -0.2) is 48.6 Å². The van der Waals surface area contributed by atoms with Crippen molar-refractivity contribution in [3.63, 3.8) is 0 Å². The Bertz CT molecular complexity index is 281. The van der Waals surface area contributed by atoms with Crippen LogP contribution in [0, 0.1) is 0 Å². The Morgan fingerprint density at radius 1 is 1.35 bits per heavy atom. The van der Waals surface area contributed by atoms with Crippen LogP contribution >= 0.6 is 0 Å². The van der Waals surface area contributed by atoms with E-state index in [1.807, 2.05) is 13.8 Å². The van der Waals surface area contributed by atoms with E-state index >= 15 is 0 Å². The Balaban J connectivity index is 2.53. The Labute approximate surface area is 102 Å². The average molecular weight is 242 g/mol. The third-order valence-electron chi connectivity index (χ3n) is 3.04. The first-order chi connectivity index (χ1) is 8.11. The summed E-state index contributed by atoms with van der Waals surface area (Å²) in [6.07, 6.45) is 1.41. The molecule has 0 aromatic rings. The van der Waals surface area contributed by atoms with E-state index in [1.165, 1.54) is 0 Å². The van der Waals surface area contributed by atoms with Crippen LogP contribution in [-0.2, 0) is 14.3 Å². The fraction of sp³-hybridized carbons (Fsp3) is 0.833. The monoisotopic (exact) mass is 242 g/mol. The molecule has 0 aromatic heterocycles. The standard InChI is InChI=1S/C12H22N2O3/c1-4-10-12(16)14(7-6-8-17-5-2)9(3)11(15)13-10/h9-10H,4-8H2,1-3H3,(H,13,15). The highest BCUT2D eigenvalue weighted by Gasteiger charge is 2.36. The molecule has 2 atom stereocenters. The summed E-state index contributed by atoms with van der Waals surface area (Å²) in [7, 11) is 0. The molecule has 1 fully saturated rings. The molecule has 0 bridgehead atoms. The van der Waals surface area contributed by atoms with Crippen molar-refractivity contribution in [3.05, 3.63) is 0 Å². The predicted molar refractivity (Wildman–Crippen MR) is 64.5 cm³/mol. The van der Waals surface area contributed by atoms with Crippen LogP contribution in [0.3, 0.4) is 0 Å². The first kappa shape index (κ1) is 14.0. The molecule has 17 heavy (non-hydrogen) atoms. The SMILES string of the molecule is CCOCCCN1C(=O)C(CC)NC(=O)C1C. The quantitative estimate of drug-likeness (QED) is 0.692. The lowest BCUT2D eigenvalue weighted by atomic mass is 10.1. The summed E-state index contributed by atoms with van der Waals surface area (Å²) >= 11 is 0. The minimum atomic E-state index is -0.369. The Morgan fingerprint density at radius 3 is 2.65 bits per heavy atom. The van der Waals surface area contributed by atoms with Crippen molar-refractivity contribution in [2.75, 3.05) is 19.8 Å². The molecule has 0 spiro atoms. The number of ether oxygens (including phenoxy) is 1. The van der Waals surface area contributed by atoms with Crippen LogP contribution < -0.4 is 5.32 Å². The third-order valence-corrected chi connectivity index (χ3v) is 3.04. The maximum atomic E-state index is 12.0. The molecule has 2 unspecified atom stereocenters. The molecule has 1 aliphatic heterocycles. The molecule has 1 rings (SSSR count). The van der Waals surface area contributed by atoms with Gasteiger partial charge in [0.2, 0.25) is 11.8 Å². The van der Waals surface area contributed by atoms with Crippen LogP contribution in [0.1, 0.15) is 33.6 Å². The minimum absolute atomic E-state index is 0.0242. The lowest BCUT2D eigenvalue weighted by Gasteiger charge is -2.37. The van der Waals surface area contributed by atoms with E-state index in [-0.39, 0.29) is 23.9 Å². The molecule has 1 heterocycles. The predicted octanol–water partition coefficient (Wildman–Crippen LogP) is 0.539. The van der Waals surface area contributed by atoms with E-state index in [1.54, 1.807) is 11.8 Å². The maximum Gasteiger partial charge on any atom is 0.245 e. The third kappa shape index (κ3) is 3.43. The Kier molecular flexibility index (Phi) is 5.41. The van der Waals surface area contributed by atoms with E-state index in [2.05, 4.69) is 5.32 Å². The van der Waals surface area contributed by atoms with Gasteiger partial charge >= 0.3 is 0 Å². The molecule has 2 amide bonds. The van der Waals surface area contributed by atoms with Crippen LogP contribution in [0.25, 0.3) is 0 Å². The summed E-state index contributed by atoms with van der Waals surface area (Å²) in [5.41, 5.74) is 0. The first-order valence-electron chi connectivity index (χ1n) is 6.30. The molecule has 0 radical (unpaired) electrons. The molecule has 1 aliphatic rings. The summed E-state index contributed by atoms with van der Waals surface area (Å²) < 4.78 is 5.24. The summed E-state index contributed by atoms with van der Waals surface area (Å²) in [6, 6.07) is -0.724. The maximum absolute atomic E-state index is 12.0. The summed E-state index contributed by atoms with van der Waals surface area (Å²) in [5.74, 6) is -0.0380. The number of hydrogen-bond donors (Lipinski definition) is 1. The highest BCUT2D eigenvalue weighted by Crippen LogP contribution is 2.12. The highest BCUT2D eigenvalue weighted by molar-refractivity contribution is 5.96. The number of carbonyl (C=O) groups is 2. The second kappa shape index (κ2) is 6.59. The molecular formula is C12H22N2O3. The van der Waals surface area contributed by atoms with Crippen LogP contribution in [0.5, 0.6) is 0 Å². The highest BCUT2D eigenvalue weighted by atomic mass is 16.5. The first-order valence-corrected chi connectivity index (χ1v) is 6.30. The number of carbonyl (C=O) groups excluding carboxylic acids is 2. The van der Waals surface area contributed by atoms with E-state index in [4.69, 9.17) is 4.74 Å². The van der Waals surface area contributed by atoms with Gasteiger partial charge in [0.05, 0.1) is 0 Å². The van der Waals surface area contributed by atoms with Gasteiger partial charge in [0.15, 0.2) is 0 Å². The number of nitrogens with zero attached hydrogens (tertiary/aromatic N) is 1. The second-order valence-electron chi connectivity index (χ2n) is 4.23. The van der Waals surface area contributed by atoms with Crippen molar-refractivity contribution in [3.8, 4) is 0 Å². The van der Waals surface area contributed by atoms with Crippen LogP contribution in [0.15, 0.2) is 0 Å². The van der Waals surface area contributed by atoms with Crippen molar-refractivity contribution in [2.45, 2.75) is 45.7 Å². The van der Waals surface area contributed by atoms with E-state index in [0.717, 1.165) is 6.42 Å². The fourth-order valence-corrected chi connectivity index (χ4v) is 1.95. The molecule has 5 nitrogen and oxygen atoms in total. The fourth-order valence-electron chi connectivity index (χ4n) is 1.95. The zero-order valence-corrected chi connectivity index (χ0v) is 10.9. The van der Waals surface area contributed by atoms with Crippen molar-refractivity contribution in [1.82, 2.24) is 10.2 Å².